The monoisotopic (exact) mass is 127 g/mol. The van der Waals surface area contributed by atoms with Gasteiger partial charge < -0.3 is 5.73 Å². The summed E-state index contributed by atoms with van der Waals surface area (Å²) in [5, 5.41) is 0. The molecule has 0 saturated heterocycles. The lowest BCUT2D eigenvalue weighted by Crippen LogP contribution is -2.19. The number of nitrogens with two attached hydrogens (primary N) is 1. The van der Waals surface area contributed by atoms with Crippen LogP contribution in [0.25, 0.3) is 0 Å². The fourth-order valence-corrected chi connectivity index (χ4v) is 1.28. The van der Waals surface area contributed by atoms with Crippen LogP contribution in [0, 0.1) is 5.92 Å². The van der Waals surface area contributed by atoms with Crippen LogP contribution < -0.4 is 5.73 Å². The molecule has 0 amide bonds. The Kier molecular flexibility index (Phi) is 2.52. The molecule has 1 saturated carbocycles. The van der Waals surface area contributed by atoms with E-state index in [9.17, 15) is 0 Å². The van der Waals surface area contributed by atoms with E-state index in [1.807, 2.05) is 0 Å². The van der Waals surface area contributed by atoms with E-state index in [0.29, 0.717) is 6.04 Å². The van der Waals surface area contributed by atoms with Gasteiger partial charge in [-0.25, -0.2) is 0 Å². The van der Waals surface area contributed by atoms with E-state index in [1.165, 1.54) is 32.1 Å². The van der Waals surface area contributed by atoms with E-state index < -0.39 is 0 Å². The molecule has 1 nitrogen and oxygen atoms in total. The van der Waals surface area contributed by atoms with E-state index in [0.717, 1.165) is 5.92 Å². The quantitative estimate of drug-likeness (QED) is 0.615. The average molecular weight is 127 g/mol. The molecule has 1 fully saturated rings. The van der Waals surface area contributed by atoms with Crippen LogP contribution in [0.2, 0.25) is 0 Å². The Bertz CT molecular complexity index is 74.6. The Morgan fingerprint density at radius 2 is 2.22 bits per heavy atom. The molecule has 1 heteroatoms. The van der Waals surface area contributed by atoms with Crippen molar-refractivity contribution in [2.75, 3.05) is 0 Å². The predicted octanol–water partition coefficient (Wildman–Crippen LogP) is 1.91. The maximum absolute atomic E-state index is 5.62. The third-order valence-corrected chi connectivity index (χ3v) is 2.26. The molecule has 0 bridgehead atoms. The van der Waals surface area contributed by atoms with Crippen LogP contribution in [0.4, 0.5) is 0 Å². The van der Waals surface area contributed by atoms with Crippen molar-refractivity contribution >= 4 is 0 Å². The summed E-state index contributed by atoms with van der Waals surface area (Å²) in [5.74, 6) is 1.04. The molecule has 0 aliphatic heterocycles. The summed E-state index contributed by atoms with van der Waals surface area (Å²) < 4.78 is 0. The molecule has 0 radical (unpaired) electrons. The zero-order valence-electron chi connectivity index (χ0n) is 6.27. The van der Waals surface area contributed by atoms with Crippen molar-refractivity contribution in [2.45, 2.75) is 45.1 Å². The van der Waals surface area contributed by atoms with E-state index in [1.54, 1.807) is 0 Å². The zero-order valence-corrected chi connectivity index (χ0v) is 6.27. The van der Waals surface area contributed by atoms with E-state index >= 15 is 0 Å². The maximum atomic E-state index is 5.62. The molecular formula is C8H17N. The van der Waals surface area contributed by atoms with Gasteiger partial charge in [-0.15, -0.1) is 0 Å². The van der Waals surface area contributed by atoms with Crippen LogP contribution in [-0.4, -0.2) is 6.04 Å². The van der Waals surface area contributed by atoms with E-state index in [-0.39, 0.29) is 0 Å². The second kappa shape index (κ2) is 3.21. The maximum Gasteiger partial charge on any atom is 0.00105 e. The smallest absolute Gasteiger partial charge is 0.00105 e. The Labute approximate surface area is 57.6 Å². The molecule has 1 aliphatic carbocycles. The topological polar surface area (TPSA) is 26.0 Å². The fraction of sp³-hybridized carbons (Fsp3) is 1.00. The van der Waals surface area contributed by atoms with Crippen molar-refractivity contribution in [3.8, 4) is 0 Å². The molecular weight excluding hydrogens is 110 g/mol. The second-order valence-electron chi connectivity index (χ2n) is 3.35. The van der Waals surface area contributed by atoms with Gasteiger partial charge in [0.1, 0.15) is 0 Å². The third-order valence-electron chi connectivity index (χ3n) is 2.26. The first-order valence-electron chi connectivity index (χ1n) is 4.04. The second-order valence-corrected chi connectivity index (χ2v) is 3.35. The molecule has 1 unspecified atom stereocenters. The third kappa shape index (κ3) is 2.35. The van der Waals surface area contributed by atoms with Crippen molar-refractivity contribution in [1.82, 2.24) is 0 Å². The summed E-state index contributed by atoms with van der Waals surface area (Å²) in [6.07, 6.45) is 6.99. The normalized spacial score (nSPS) is 23.3. The lowest BCUT2D eigenvalue weighted by atomic mass is 9.81. The van der Waals surface area contributed by atoms with Crippen LogP contribution in [0.5, 0.6) is 0 Å². The minimum atomic E-state index is 0.422. The van der Waals surface area contributed by atoms with Gasteiger partial charge in [-0.2, -0.15) is 0 Å². The van der Waals surface area contributed by atoms with Gasteiger partial charge >= 0.3 is 0 Å². The predicted molar refractivity (Wildman–Crippen MR) is 40.2 cm³/mol. The molecule has 2 N–H and O–H groups in total. The number of rotatable bonds is 3. The van der Waals surface area contributed by atoms with Crippen LogP contribution in [0.3, 0.4) is 0 Å². The highest BCUT2D eigenvalue weighted by atomic mass is 14.6. The van der Waals surface area contributed by atoms with Gasteiger partial charge in [0, 0.05) is 6.04 Å². The van der Waals surface area contributed by atoms with Gasteiger partial charge in [-0.05, 0) is 25.7 Å². The van der Waals surface area contributed by atoms with Crippen LogP contribution >= 0.6 is 0 Å². The first kappa shape index (κ1) is 7.07. The summed E-state index contributed by atoms with van der Waals surface area (Å²) in [6.45, 7) is 2.10. The molecule has 0 spiro atoms. The van der Waals surface area contributed by atoms with E-state index in [4.69, 9.17) is 5.73 Å². The van der Waals surface area contributed by atoms with Gasteiger partial charge in [-0.1, -0.05) is 19.3 Å². The molecule has 1 atom stereocenters. The van der Waals surface area contributed by atoms with Crippen molar-refractivity contribution in [1.29, 1.82) is 0 Å². The van der Waals surface area contributed by atoms with Crippen molar-refractivity contribution in [2.24, 2.45) is 11.7 Å². The average Bonchev–Trinajstić information content (AvgIpc) is 1.60. The Hall–Kier alpha value is -0.0400. The summed E-state index contributed by atoms with van der Waals surface area (Å²) in [4.78, 5) is 0. The van der Waals surface area contributed by atoms with Crippen LogP contribution in [0.15, 0.2) is 0 Å². The number of hydrogen-bond acceptors (Lipinski definition) is 1. The zero-order chi connectivity index (χ0) is 6.69. The highest BCUT2D eigenvalue weighted by Gasteiger charge is 2.16. The Morgan fingerprint density at radius 3 is 2.56 bits per heavy atom. The lowest BCUT2D eigenvalue weighted by molar-refractivity contribution is 0.284. The molecule has 9 heavy (non-hydrogen) atoms. The van der Waals surface area contributed by atoms with Gasteiger partial charge in [0.05, 0.1) is 0 Å². The fourth-order valence-electron chi connectivity index (χ4n) is 1.28. The first-order valence-corrected chi connectivity index (χ1v) is 4.04. The summed E-state index contributed by atoms with van der Waals surface area (Å²) in [5.41, 5.74) is 5.62. The summed E-state index contributed by atoms with van der Waals surface area (Å²) in [7, 11) is 0. The minimum Gasteiger partial charge on any atom is -0.328 e. The highest BCUT2D eigenvalue weighted by molar-refractivity contribution is 4.70. The first-order chi connectivity index (χ1) is 4.29. The Morgan fingerprint density at radius 1 is 1.56 bits per heavy atom. The molecule has 0 aromatic heterocycles. The van der Waals surface area contributed by atoms with Gasteiger partial charge in [0.15, 0.2) is 0 Å². The van der Waals surface area contributed by atoms with Gasteiger partial charge in [-0.3, -0.25) is 0 Å². The number of hydrogen-bond donors (Lipinski definition) is 1. The van der Waals surface area contributed by atoms with Crippen molar-refractivity contribution in [3.05, 3.63) is 0 Å². The largest absolute Gasteiger partial charge is 0.328 e. The van der Waals surface area contributed by atoms with Gasteiger partial charge in [0.2, 0.25) is 0 Å². The van der Waals surface area contributed by atoms with Crippen molar-refractivity contribution in [3.63, 3.8) is 0 Å². The molecule has 1 aliphatic rings. The van der Waals surface area contributed by atoms with Crippen molar-refractivity contribution < 1.29 is 0 Å². The molecule has 0 heterocycles. The lowest BCUT2D eigenvalue weighted by Gasteiger charge is -2.25. The standard InChI is InChI=1S/C8H17N/c1-7(9)5-6-8-3-2-4-8/h7-8H,2-6,9H2,1H3. The van der Waals surface area contributed by atoms with E-state index in [2.05, 4.69) is 6.92 Å². The SMILES string of the molecule is CC(N)CCC1CCC1. The summed E-state index contributed by atoms with van der Waals surface area (Å²) >= 11 is 0. The molecule has 0 aromatic rings. The Balaban J connectivity index is 1.91. The molecule has 1 rings (SSSR count). The minimum absolute atomic E-state index is 0.422. The molecule has 0 aromatic carbocycles. The van der Waals surface area contributed by atoms with Gasteiger partial charge in [0.25, 0.3) is 0 Å². The molecule has 54 valence electrons. The highest BCUT2D eigenvalue weighted by Crippen LogP contribution is 2.30. The van der Waals surface area contributed by atoms with Crippen LogP contribution in [0.1, 0.15) is 39.0 Å². The van der Waals surface area contributed by atoms with Crippen LogP contribution in [-0.2, 0) is 0 Å². The summed E-state index contributed by atoms with van der Waals surface area (Å²) in [6, 6.07) is 0.422.